The Hall–Kier alpha value is -2.32. The van der Waals surface area contributed by atoms with Crippen LogP contribution in [0.25, 0.3) is 11.3 Å². The number of ether oxygens (including phenoxy) is 1. The number of hydrogen-bond acceptors (Lipinski definition) is 5. The zero-order chi connectivity index (χ0) is 21.6. The first-order valence-electron chi connectivity index (χ1n) is 10.3. The van der Waals surface area contributed by atoms with Crippen molar-refractivity contribution >= 4 is 22.0 Å². The summed E-state index contributed by atoms with van der Waals surface area (Å²) in [6.45, 7) is 0.617. The van der Waals surface area contributed by atoms with E-state index in [-0.39, 0.29) is 11.4 Å². The molecular formula is C23H22ClN3O3S. The van der Waals surface area contributed by atoms with Crippen molar-refractivity contribution in [3.05, 3.63) is 70.6 Å². The number of halogens is 1. The number of methoxy groups -OCH3 is 1. The van der Waals surface area contributed by atoms with E-state index in [1.54, 1.807) is 24.3 Å². The predicted octanol–water partition coefficient (Wildman–Crippen LogP) is 4.65. The molecule has 0 saturated heterocycles. The maximum atomic E-state index is 13.4. The molecule has 2 heterocycles. The lowest BCUT2D eigenvalue weighted by Crippen LogP contribution is -2.40. The Balaban J connectivity index is 1.55. The highest BCUT2D eigenvalue weighted by molar-refractivity contribution is 7.95. The van der Waals surface area contributed by atoms with Gasteiger partial charge in [0.05, 0.1) is 31.6 Å². The van der Waals surface area contributed by atoms with Gasteiger partial charge in [-0.25, -0.2) is 9.97 Å². The molecule has 1 unspecified atom stereocenters. The summed E-state index contributed by atoms with van der Waals surface area (Å²) in [5, 5.41) is 0.649. The second-order valence-electron chi connectivity index (χ2n) is 7.90. The zero-order valence-corrected chi connectivity index (χ0v) is 18.7. The van der Waals surface area contributed by atoms with Gasteiger partial charge in [-0.3, -0.25) is 0 Å². The van der Waals surface area contributed by atoms with Crippen molar-refractivity contribution in [1.29, 1.82) is 0 Å². The molecule has 6 nitrogen and oxygen atoms in total. The Bertz CT molecular complexity index is 1180. The molecule has 0 amide bonds. The first kappa shape index (κ1) is 20.6. The molecule has 31 heavy (non-hydrogen) atoms. The number of hydrogen-bond donors (Lipinski definition) is 0. The molecule has 8 heteroatoms. The Kier molecular flexibility index (Phi) is 5.30. The molecule has 2 aliphatic rings. The molecular weight excluding hydrogens is 434 g/mol. The van der Waals surface area contributed by atoms with Crippen LogP contribution in [-0.2, 0) is 27.6 Å². The molecule has 2 aromatic carbocycles. The molecule has 0 bridgehead atoms. The van der Waals surface area contributed by atoms with Gasteiger partial charge in [-0.2, -0.15) is 0 Å². The molecule has 1 aliphatic carbocycles. The van der Waals surface area contributed by atoms with Crippen molar-refractivity contribution in [3.8, 4) is 17.0 Å². The number of nitrogens with zero attached hydrogens (tertiary/aromatic N) is 3. The molecule has 160 valence electrons. The predicted molar refractivity (Wildman–Crippen MR) is 119 cm³/mol. The zero-order valence-electron chi connectivity index (χ0n) is 17.1. The number of aromatic nitrogens is 2. The Morgan fingerprint density at radius 2 is 1.94 bits per heavy atom. The first-order chi connectivity index (χ1) is 15.0. The Labute approximate surface area is 187 Å². The lowest BCUT2D eigenvalue weighted by molar-refractivity contribution is 0.336. The number of fused-ring (bicyclic) bond motifs is 1. The van der Waals surface area contributed by atoms with Crippen molar-refractivity contribution < 1.29 is 13.5 Å². The number of benzene rings is 2. The molecule has 1 saturated carbocycles. The van der Waals surface area contributed by atoms with Gasteiger partial charge in [0.2, 0.25) is 0 Å². The second kappa shape index (κ2) is 7.98. The fourth-order valence-electron chi connectivity index (χ4n) is 3.89. The van der Waals surface area contributed by atoms with E-state index in [0.717, 1.165) is 41.2 Å². The quantitative estimate of drug-likeness (QED) is 0.523. The molecule has 3 aromatic rings. The van der Waals surface area contributed by atoms with Gasteiger partial charge < -0.3 is 9.29 Å². The van der Waals surface area contributed by atoms with Crippen LogP contribution >= 0.6 is 11.6 Å². The molecule has 1 atom stereocenters. The lowest BCUT2D eigenvalue weighted by atomic mass is 10.00. The Morgan fingerprint density at radius 3 is 2.65 bits per heavy atom. The van der Waals surface area contributed by atoms with E-state index >= 15 is 0 Å². The fourth-order valence-corrected chi connectivity index (χ4v) is 5.47. The van der Waals surface area contributed by atoms with Crippen LogP contribution in [0.1, 0.15) is 35.8 Å². The minimum atomic E-state index is -3.68. The van der Waals surface area contributed by atoms with E-state index in [2.05, 4.69) is 0 Å². The fraction of sp³-hybridized carbons (Fsp3) is 0.304. The highest BCUT2D eigenvalue weighted by Crippen LogP contribution is 2.41. The summed E-state index contributed by atoms with van der Waals surface area (Å²) in [5.74, 6) is 1.79. The average Bonchev–Trinajstić information content (AvgIpc) is 3.64. The normalized spacial score (nSPS) is 18.3. The largest absolute Gasteiger partial charge is 0.593 e. The summed E-state index contributed by atoms with van der Waals surface area (Å²) >= 11 is 6.08. The van der Waals surface area contributed by atoms with Gasteiger partial charge in [-0.1, -0.05) is 34.0 Å². The summed E-state index contributed by atoms with van der Waals surface area (Å²) in [6, 6.07) is 14.1. The average molecular weight is 456 g/mol. The van der Waals surface area contributed by atoms with Crippen molar-refractivity contribution in [2.75, 3.05) is 13.7 Å². The standard InChI is InChI=1S/C23H22ClN3O3S/c1-30-18-3-2-4-19(13-18)31(28,29)27-12-11-21-20(14-27)22(15-7-9-17(24)10-8-15)26-23(25-21)16-5-6-16/h2-4,7-10,13,16H,5-6,11-12,14H2,1H3. The topological polar surface area (TPSA) is 78.4 Å². The third kappa shape index (κ3) is 3.99. The summed E-state index contributed by atoms with van der Waals surface area (Å²) in [5.41, 5.74) is 3.53. The van der Waals surface area contributed by atoms with Crippen molar-refractivity contribution in [1.82, 2.24) is 14.3 Å². The maximum Gasteiger partial charge on any atom is 0.179 e. The van der Waals surface area contributed by atoms with Gasteiger partial charge in [0.1, 0.15) is 11.6 Å². The van der Waals surface area contributed by atoms with E-state index < -0.39 is 10.4 Å². The summed E-state index contributed by atoms with van der Waals surface area (Å²) in [6.07, 6.45) is 2.77. The summed E-state index contributed by atoms with van der Waals surface area (Å²) in [7, 11) is -2.16. The SMILES string of the molecule is COc1cccc([S+](=O)([O-])N2CCc3nc(C4CC4)nc(-c4ccc(Cl)cc4)c3C2)c1. The number of rotatable bonds is 5. The van der Waals surface area contributed by atoms with Crippen LogP contribution in [-0.4, -0.2) is 32.5 Å². The minimum Gasteiger partial charge on any atom is -0.593 e. The van der Waals surface area contributed by atoms with Crippen LogP contribution in [0.2, 0.25) is 5.02 Å². The lowest BCUT2D eigenvalue weighted by Gasteiger charge is -2.32. The van der Waals surface area contributed by atoms with Crippen LogP contribution in [0.4, 0.5) is 0 Å². The van der Waals surface area contributed by atoms with Gasteiger partial charge in [0.15, 0.2) is 15.3 Å². The molecule has 1 aromatic heterocycles. The maximum absolute atomic E-state index is 13.4. The van der Waals surface area contributed by atoms with Crippen LogP contribution in [0, 0.1) is 0 Å². The van der Waals surface area contributed by atoms with E-state index in [4.69, 9.17) is 26.3 Å². The van der Waals surface area contributed by atoms with E-state index in [1.165, 1.54) is 11.4 Å². The van der Waals surface area contributed by atoms with Gasteiger partial charge in [0, 0.05) is 34.6 Å². The molecule has 0 N–H and O–H groups in total. The van der Waals surface area contributed by atoms with Crippen LogP contribution in [0.15, 0.2) is 53.4 Å². The van der Waals surface area contributed by atoms with Crippen molar-refractivity contribution in [2.45, 2.75) is 36.6 Å². The van der Waals surface area contributed by atoms with Crippen LogP contribution < -0.4 is 4.74 Å². The monoisotopic (exact) mass is 455 g/mol. The van der Waals surface area contributed by atoms with E-state index in [1.807, 2.05) is 24.3 Å². The third-order valence-electron chi connectivity index (χ3n) is 5.78. The molecule has 1 fully saturated rings. The van der Waals surface area contributed by atoms with Gasteiger partial charge >= 0.3 is 0 Å². The molecule has 0 radical (unpaired) electrons. The molecule has 5 rings (SSSR count). The number of sulfonamides is 1. The highest BCUT2D eigenvalue weighted by atomic mass is 35.5. The van der Waals surface area contributed by atoms with E-state index in [9.17, 15) is 8.76 Å². The van der Waals surface area contributed by atoms with Crippen LogP contribution in [0.5, 0.6) is 5.75 Å². The van der Waals surface area contributed by atoms with E-state index in [0.29, 0.717) is 29.7 Å². The second-order valence-corrected chi connectivity index (χ2v) is 10.3. The molecule has 0 spiro atoms. The third-order valence-corrected chi connectivity index (χ3v) is 7.87. The smallest absolute Gasteiger partial charge is 0.179 e. The summed E-state index contributed by atoms with van der Waals surface area (Å²) in [4.78, 5) is 9.91. The summed E-state index contributed by atoms with van der Waals surface area (Å²) < 4.78 is 33.4. The van der Waals surface area contributed by atoms with Crippen LogP contribution in [0.3, 0.4) is 0 Å². The Morgan fingerprint density at radius 1 is 1.16 bits per heavy atom. The van der Waals surface area contributed by atoms with Crippen molar-refractivity contribution in [2.24, 2.45) is 0 Å². The highest BCUT2D eigenvalue weighted by Gasteiger charge is 2.37. The molecule has 1 aliphatic heterocycles. The minimum absolute atomic E-state index is 0.221. The van der Waals surface area contributed by atoms with Gasteiger partial charge in [0.25, 0.3) is 0 Å². The van der Waals surface area contributed by atoms with Gasteiger partial charge in [-0.15, -0.1) is 4.31 Å². The van der Waals surface area contributed by atoms with Crippen molar-refractivity contribution in [3.63, 3.8) is 0 Å². The first-order valence-corrected chi connectivity index (χ1v) is 12.1. The van der Waals surface area contributed by atoms with Gasteiger partial charge in [-0.05, 0) is 37.1 Å².